The van der Waals surface area contributed by atoms with Crippen molar-refractivity contribution < 1.29 is 4.79 Å². The number of fused-ring (bicyclic) bond motifs is 2. The van der Waals surface area contributed by atoms with Crippen LogP contribution in [0.1, 0.15) is 65.9 Å². The molecule has 2 aromatic heterocycles. The molecule has 0 aliphatic heterocycles. The van der Waals surface area contributed by atoms with E-state index in [1.54, 1.807) is 11.3 Å². The lowest BCUT2D eigenvalue weighted by molar-refractivity contribution is -0.115. The SMILES string of the molecule is CC1CCc2nc(SCCC(=O)Nc3sc4c(c3C#N)CCC(C)C4)c(C#N)cc2C1. The highest BCUT2D eigenvalue weighted by Gasteiger charge is 2.25. The summed E-state index contributed by atoms with van der Waals surface area (Å²) in [6.45, 7) is 4.47. The Kier molecular flexibility index (Phi) is 6.65. The predicted octanol–water partition coefficient (Wildman–Crippen LogP) is 5.26. The topological polar surface area (TPSA) is 89.6 Å². The zero-order chi connectivity index (χ0) is 22.0. The number of thioether (sulfide) groups is 1. The number of amides is 1. The minimum Gasteiger partial charge on any atom is -0.317 e. The Balaban J connectivity index is 1.39. The fraction of sp³-hybridized carbons (Fsp3) is 0.500. The van der Waals surface area contributed by atoms with Crippen LogP contribution in [0.2, 0.25) is 0 Å². The minimum absolute atomic E-state index is 0.0964. The van der Waals surface area contributed by atoms with E-state index in [4.69, 9.17) is 4.98 Å². The molecule has 1 N–H and O–H groups in total. The van der Waals surface area contributed by atoms with E-state index in [-0.39, 0.29) is 5.91 Å². The minimum atomic E-state index is -0.0964. The number of aromatic nitrogens is 1. The first-order chi connectivity index (χ1) is 15.0. The number of rotatable bonds is 5. The van der Waals surface area contributed by atoms with Gasteiger partial charge in [-0.1, -0.05) is 13.8 Å². The number of pyridine rings is 1. The van der Waals surface area contributed by atoms with Gasteiger partial charge in [-0.3, -0.25) is 4.79 Å². The summed E-state index contributed by atoms with van der Waals surface area (Å²) in [7, 11) is 0. The lowest BCUT2D eigenvalue weighted by Gasteiger charge is -2.21. The van der Waals surface area contributed by atoms with Gasteiger partial charge in [0.1, 0.15) is 22.2 Å². The van der Waals surface area contributed by atoms with E-state index in [1.165, 1.54) is 22.2 Å². The maximum Gasteiger partial charge on any atom is 0.225 e. The molecule has 2 heterocycles. The van der Waals surface area contributed by atoms with Crippen LogP contribution in [0.25, 0.3) is 0 Å². The molecule has 0 bridgehead atoms. The Hall–Kier alpha value is -2.35. The van der Waals surface area contributed by atoms with Crippen LogP contribution in [0.3, 0.4) is 0 Å². The van der Waals surface area contributed by atoms with Crippen LogP contribution in [0, 0.1) is 34.5 Å². The summed E-state index contributed by atoms with van der Waals surface area (Å²) in [5, 5.41) is 23.5. The van der Waals surface area contributed by atoms with Crippen molar-refractivity contribution in [3.8, 4) is 12.1 Å². The van der Waals surface area contributed by atoms with Crippen LogP contribution >= 0.6 is 23.1 Å². The number of hydrogen-bond acceptors (Lipinski definition) is 6. The molecule has 0 spiro atoms. The number of carbonyl (C=O) groups excluding carboxylic acids is 1. The highest BCUT2D eigenvalue weighted by Crippen LogP contribution is 2.39. The van der Waals surface area contributed by atoms with Crippen molar-refractivity contribution >= 4 is 34.0 Å². The number of aryl methyl sites for hydroxylation is 1. The molecule has 0 radical (unpaired) electrons. The van der Waals surface area contributed by atoms with Gasteiger partial charge in [0, 0.05) is 22.7 Å². The molecule has 2 unspecified atom stereocenters. The standard InChI is InChI=1S/C24H26N4OS2/c1-14-4-6-20-16(9-14)11-17(12-25)23(27-20)30-8-7-22(29)28-24-19(13-26)18-5-3-15(2)10-21(18)31-24/h11,14-15H,3-10H2,1-2H3,(H,28,29). The van der Waals surface area contributed by atoms with E-state index in [1.807, 2.05) is 6.07 Å². The molecule has 31 heavy (non-hydrogen) atoms. The second kappa shape index (κ2) is 9.42. The summed E-state index contributed by atoms with van der Waals surface area (Å²) in [6, 6.07) is 6.55. The van der Waals surface area contributed by atoms with Crippen molar-refractivity contribution in [2.24, 2.45) is 11.8 Å². The number of thiophene rings is 1. The number of carbonyl (C=O) groups is 1. The third-order valence-electron chi connectivity index (χ3n) is 6.16. The van der Waals surface area contributed by atoms with E-state index >= 15 is 0 Å². The molecule has 2 aromatic rings. The van der Waals surface area contributed by atoms with Crippen molar-refractivity contribution in [1.29, 1.82) is 10.5 Å². The van der Waals surface area contributed by atoms with Crippen LogP contribution in [0.5, 0.6) is 0 Å². The Morgan fingerprint density at radius 1 is 1.23 bits per heavy atom. The molecule has 2 atom stereocenters. The predicted molar refractivity (Wildman–Crippen MR) is 124 cm³/mol. The molecular formula is C24H26N4OS2. The molecule has 7 heteroatoms. The molecule has 0 fully saturated rings. The highest BCUT2D eigenvalue weighted by atomic mass is 32.2. The van der Waals surface area contributed by atoms with E-state index in [0.29, 0.717) is 40.1 Å². The maximum atomic E-state index is 12.6. The summed E-state index contributed by atoms with van der Waals surface area (Å²) < 4.78 is 0. The van der Waals surface area contributed by atoms with E-state index in [9.17, 15) is 15.3 Å². The van der Waals surface area contributed by atoms with Gasteiger partial charge in [-0.05, 0) is 67.6 Å². The van der Waals surface area contributed by atoms with E-state index in [0.717, 1.165) is 54.8 Å². The maximum absolute atomic E-state index is 12.6. The Labute approximate surface area is 191 Å². The van der Waals surface area contributed by atoms with Crippen molar-refractivity contribution in [3.63, 3.8) is 0 Å². The van der Waals surface area contributed by atoms with Gasteiger partial charge in [0.2, 0.25) is 5.91 Å². The third kappa shape index (κ3) is 4.79. The first-order valence-corrected chi connectivity index (χ1v) is 12.7. The fourth-order valence-corrected chi connectivity index (χ4v) is 6.70. The number of nitrogens with one attached hydrogen (secondary N) is 1. The zero-order valence-corrected chi connectivity index (χ0v) is 19.6. The quantitative estimate of drug-likeness (QED) is 0.628. The lowest BCUT2D eigenvalue weighted by Crippen LogP contribution is -2.14. The monoisotopic (exact) mass is 450 g/mol. The number of nitriles is 2. The van der Waals surface area contributed by atoms with Crippen molar-refractivity contribution in [1.82, 2.24) is 4.98 Å². The van der Waals surface area contributed by atoms with Gasteiger partial charge in [0.05, 0.1) is 11.1 Å². The largest absolute Gasteiger partial charge is 0.317 e. The van der Waals surface area contributed by atoms with Crippen LogP contribution in [0.4, 0.5) is 5.00 Å². The van der Waals surface area contributed by atoms with Crippen molar-refractivity contribution in [2.45, 2.75) is 63.8 Å². The van der Waals surface area contributed by atoms with Crippen LogP contribution < -0.4 is 5.32 Å². The molecule has 0 saturated heterocycles. The van der Waals surface area contributed by atoms with Gasteiger partial charge < -0.3 is 5.32 Å². The highest BCUT2D eigenvalue weighted by molar-refractivity contribution is 7.99. The summed E-state index contributed by atoms with van der Waals surface area (Å²) in [5.41, 5.74) is 4.66. The molecule has 2 aliphatic carbocycles. The molecular weight excluding hydrogens is 424 g/mol. The smallest absolute Gasteiger partial charge is 0.225 e. The fourth-order valence-electron chi connectivity index (χ4n) is 4.40. The molecule has 4 rings (SSSR count). The summed E-state index contributed by atoms with van der Waals surface area (Å²) in [5.74, 6) is 1.71. The average molecular weight is 451 g/mol. The Morgan fingerprint density at radius 3 is 2.77 bits per heavy atom. The van der Waals surface area contributed by atoms with Crippen LogP contribution in [0.15, 0.2) is 11.1 Å². The first-order valence-electron chi connectivity index (χ1n) is 10.9. The number of hydrogen-bond donors (Lipinski definition) is 1. The van der Waals surface area contributed by atoms with Gasteiger partial charge >= 0.3 is 0 Å². The molecule has 160 valence electrons. The molecule has 5 nitrogen and oxygen atoms in total. The summed E-state index contributed by atoms with van der Waals surface area (Å²) >= 11 is 3.02. The third-order valence-corrected chi connectivity index (χ3v) is 8.33. The van der Waals surface area contributed by atoms with Gasteiger partial charge in [0.15, 0.2) is 0 Å². The second-order valence-corrected chi connectivity index (χ2v) is 10.9. The van der Waals surface area contributed by atoms with Crippen LogP contribution in [-0.4, -0.2) is 16.6 Å². The normalized spacial score (nSPS) is 19.6. The van der Waals surface area contributed by atoms with Gasteiger partial charge in [-0.25, -0.2) is 4.98 Å². The Bertz CT molecular complexity index is 1090. The first kappa shape index (κ1) is 21.9. The van der Waals surface area contributed by atoms with Crippen molar-refractivity contribution in [3.05, 3.63) is 38.9 Å². The molecule has 0 saturated carbocycles. The molecule has 1 amide bonds. The second-order valence-electron chi connectivity index (χ2n) is 8.72. The lowest BCUT2D eigenvalue weighted by atomic mass is 9.87. The van der Waals surface area contributed by atoms with Crippen LogP contribution in [-0.2, 0) is 30.5 Å². The van der Waals surface area contributed by atoms with Gasteiger partial charge in [-0.2, -0.15) is 10.5 Å². The zero-order valence-electron chi connectivity index (χ0n) is 18.0. The van der Waals surface area contributed by atoms with Crippen molar-refractivity contribution in [2.75, 3.05) is 11.1 Å². The van der Waals surface area contributed by atoms with E-state index < -0.39 is 0 Å². The van der Waals surface area contributed by atoms with E-state index in [2.05, 4.69) is 31.3 Å². The molecule has 0 aromatic carbocycles. The summed E-state index contributed by atoms with van der Waals surface area (Å²) in [4.78, 5) is 18.5. The average Bonchev–Trinajstić information content (AvgIpc) is 3.08. The van der Waals surface area contributed by atoms with Gasteiger partial charge in [0.25, 0.3) is 0 Å². The Morgan fingerprint density at radius 2 is 2.00 bits per heavy atom. The number of nitrogens with zero attached hydrogens (tertiary/aromatic N) is 3. The summed E-state index contributed by atoms with van der Waals surface area (Å²) in [6.07, 6.45) is 6.38. The molecule has 2 aliphatic rings. The van der Waals surface area contributed by atoms with Gasteiger partial charge in [-0.15, -0.1) is 23.1 Å². The number of anilines is 1.